The molecular weight excluding hydrogens is 238 g/mol. The molecule has 0 amide bonds. The lowest BCUT2D eigenvalue weighted by Gasteiger charge is -1.92. The van der Waals surface area contributed by atoms with Gasteiger partial charge in [0.05, 0.1) is 5.69 Å². The fraction of sp³-hybridized carbons (Fsp3) is 0.182. The van der Waals surface area contributed by atoms with Crippen molar-refractivity contribution >= 4 is 10.9 Å². The molecular formula is C11H15N3O2S. The largest absolute Gasteiger partial charge is 0.338 e. The van der Waals surface area contributed by atoms with E-state index in [1.54, 1.807) is 0 Å². The molecule has 0 fully saturated rings. The number of nitrogens with zero attached hydrogens (tertiary/aromatic N) is 2. The van der Waals surface area contributed by atoms with Crippen LogP contribution in [0.1, 0.15) is 5.82 Å². The highest BCUT2D eigenvalue weighted by Crippen LogP contribution is 2.16. The first-order valence-electron chi connectivity index (χ1n) is 4.95. The highest BCUT2D eigenvalue weighted by atomic mass is 32.2. The van der Waals surface area contributed by atoms with Crippen LogP contribution in [0.5, 0.6) is 0 Å². The fourth-order valence-electron chi connectivity index (χ4n) is 1.31. The van der Waals surface area contributed by atoms with Crippen LogP contribution in [-0.2, 0) is 17.9 Å². The number of rotatable bonds is 1. The smallest absolute Gasteiger partial charge is 0.198 e. The van der Waals surface area contributed by atoms with Gasteiger partial charge < -0.3 is 4.57 Å². The monoisotopic (exact) mass is 253 g/mol. The third-order valence-corrected chi connectivity index (χ3v) is 2.18. The van der Waals surface area contributed by atoms with Gasteiger partial charge in [0, 0.05) is 18.8 Å². The second-order valence-electron chi connectivity index (χ2n) is 3.44. The van der Waals surface area contributed by atoms with Gasteiger partial charge in [-0.05, 0) is 6.92 Å². The molecule has 0 aliphatic rings. The van der Waals surface area contributed by atoms with Gasteiger partial charge >= 0.3 is 0 Å². The maximum absolute atomic E-state index is 8.81. The molecule has 0 saturated heterocycles. The summed E-state index contributed by atoms with van der Waals surface area (Å²) in [4.78, 5) is 4.44. The number of hydrogen-bond donors (Lipinski definition) is 2. The van der Waals surface area contributed by atoms with Gasteiger partial charge in [-0.25, -0.2) is 18.5 Å². The van der Waals surface area contributed by atoms with E-state index in [0.717, 1.165) is 11.5 Å². The topological polar surface area (TPSA) is 78.0 Å². The molecule has 0 aliphatic carbocycles. The molecule has 0 atom stereocenters. The van der Waals surface area contributed by atoms with Crippen molar-refractivity contribution < 1.29 is 8.42 Å². The molecule has 0 radical (unpaired) electrons. The predicted octanol–water partition coefficient (Wildman–Crippen LogP) is 0.867. The summed E-state index contributed by atoms with van der Waals surface area (Å²) < 4.78 is 19.7. The van der Waals surface area contributed by atoms with Gasteiger partial charge in [0.1, 0.15) is 5.82 Å². The third kappa shape index (κ3) is 4.38. The predicted molar refractivity (Wildman–Crippen MR) is 67.9 cm³/mol. The molecule has 0 spiro atoms. The van der Waals surface area contributed by atoms with Gasteiger partial charge in [-0.1, -0.05) is 30.3 Å². The normalized spacial score (nSPS) is 9.88. The summed E-state index contributed by atoms with van der Waals surface area (Å²) in [7, 11) is -0.612. The summed E-state index contributed by atoms with van der Waals surface area (Å²) in [6.45, 7) is 2.01. The lowest BCUT2D eigenvalue weighted by atomic mass is 10.2. The van der Waals surface area contributed by atoms with Crippen LogP contribution in [0.15, 0.2) is 36.5 Å². The van der Waals surface area contributed by atoms with Crippen molar-refractivity contribution in [2.75, 3.05) is 0 Å². The molecule has 2 rings (SSSR count). The van der Waals surface area contributed by atoms with Crippen molar-refractivity contribution in [2.45, 2.75) is 6.92 Å². The molecule has 1 aromatic carbocycles. The van der Waals surface area contributed by atoms with E-state index in [1.165, 1.54) is 5.56 Å². The number of imidazole rings is 1. The lowest BCUT2D eigenvalue weighted by Crippen LogP contribution is -1.86. The Morgan fingerprint density at radius 2 is 1.76 bits per heavy atom. The Morgan fingerprint density at radius 3 is 2.18 bits per heavy atom. The average molecular weight is 253 g/mol. The minimum atomic E-state index is -2.62. The summed E-state index contributed by atoms with van der Waals surface area (Å²) >= 11 is 0. The first-order chi connectivity index (χ1) is 8.00. The second-order valence-corrected chi connectivity index (χ2v) is 4.01. The summed E-state index contributed by atoms with van der Waals surface area (Å²) in [6.07, 6.45) is 2.05. The third-order valence-electron chi connectivity index (χ3n) is 2.18. The molecule has 0 unspecified atom stereocenters. The number of benzene rings is 1. The van der Waals surface area contributed by atoms with E-state index in [2.05, 4.69) is 22.3 Å². The Bertz CT molecular complexity index is 520. The Balaban J connectivity index is 0.000000317. The van der Waals surface area contributed by atoms with Gasteiger partial charge in [0.2, 0.25) is 0 Å². The maximum Gasteiger partial charge on any atom is 0.198 e. The standard InChI is InChI=1S/C11H12N2.H3NO2S/c1-9-12-11(8-13(9)2)10-6-4-3-5-7-10;1-4(2)3/h3-8H,1-2H3;4H,(H2,1,2,3). The molecule has 5 nitrogen and oxygen atoms in total. The number of nitrogens with two attached hydrogens (primary N) is 1. The quantitative estimate of drug-likeness (QED) is 0.740. The van der Waals surface area contributed by atoms with Crippen LogP contribution in [0.4, 0.5) is 0 Å². The van der Waals surface area contributed by atoms with E-state index < -0.39 is 10.9 Å². The first kappa shape index (κ1) is 13.4. The number of aryl methyl sites for hydroxylation is 2. The van der Waals surface area contributed by atoms with E-state index in [1.807, 2.05) is 42.9 Å². The van der Waals surface area contributed by atoms with Crippen molar-refractivity contribution in [3.8, 4) is 11.3 Å². The molecule has 0 aliphatic heterocycles. The zero-order chi connectivity index (χ0) is 12.8. The SMILES string of the molecule is Cc1nc(-c2ccccc2)cn1C.N[SH](=O)=O. The molecule has 92 valence electrons. The van der Waals surface area contributed by atoms with Crippen LogP contribution in [0.25, 0.3) is 11.3 Å². The molecule has 2 N–H and O–H groups in total. The summed E-state index contributed by atoms with van der Waals surface area (Å²) in [5.41, 5.74) is 2.21. The zero-order valence-electron chi connectivity index (χ0n) is 9.70. The molecule has 6 heteroatoms. The first-order valence-corrected chi connectivity index (χ1v) is 6.20. The van der Waals surface area contributed by atoms with Gasteiger partial charge in [0.15, 0.2) is 10.9 Å². The van der Waals surface area contributed by atoms with Gasteiger partial charge in [-0.15, -0.1) is 0 Å². The molecule has 2 aromatic rings. The molecule has 0 bridgehead atoms. The minimum Gasteiger partial charge on any atom is -0.338 e. The van der Waals surface area contributed by atoms with Gasteiger partial charge in [-0.2, -0.15) is 0 Å². The van der Waals surface area contributed by atoms with E-state index in [4.69, 9.17) is 8.42 Å². The van der Waals surface area contributed by atoms with Crippen molar-refractivity contribution in [2.24, 2.45) is 12.2 Å². The number of aromatic nitrogens is 2. The summed E-state index contributed by atoms with van der Waals surface area (Å²) in [5.74, 6) is 1.04. The van der Waals surface area contributed by atoms with Crippen LogP contribution >= 0.6 is 0 Å². The van der Waals surface area contributed by atoms with Crippen molar-refractivity contribution in [1.29, 1.82) is 0 Å². The van der Waals surface area contributed by atoms with Crippen molar-refractivity contribution in [1.82, 2.24) is 9.55 Å². The Morgan fingerprint density at radius 1 is 1.24 bits per heavy atom. The van der Waals surface area contributed by atoms with Crippen molar-refractivity contribution in [3.05, 3.63) is 42.4 Å². The Labute approximate surface area is 102 Å². The van der Waals surface area contributed by atoms with E-state index in [9.17, 15) is 0 Å². The fourth-order valence-corrected chi connectivity index (χ4v) is 1.31. The average Bonchev–Trinajstić information content (AvgIpc) is 2.60. The lowest BCUT2D eigenvalue weighted by molar-refractivity contribution is 0.616. The van der Waals surface area contributed by atoms with E-state index in [-0.39, 0.29) is 0 Å². The molecule has 1 heterocycles. The maximum atomic E-state index is 8.81. The molecule has 1 aromatic heterocycles. The summed E-state index contributed by atoms with van der Waals surface area (Å²) in [5, 5.41) is 4.06. The molecule has 0 saturated carbocycles. The molecule has 17 heavy (non-hydrogen) atoms. The van der Waals surface area contributed by atoms with E-state index >= 15 is 0 Å². The van der Waals surface area contributed by atoms with Crippen molar-refractivity contribution in [3.63, 3.8) is 0 Å². The summed E-state index contributed by atoms with van der Waals surface area (Å²) in [6, 6.07) is 10.2. The Kier molecular flexibility index (Phi) is 4.86. The minimum absolute atomic E-state index is 1.04. The van der Waals surface area contributed by atoms with E-state index in [0.29, 0.717) is 0 Å². The second kappa shape index (κ2) is 6.17. The van der Waals surface area contributed by atoms with Crippen LogP contribution in [0.3, 0.4) is 0 Å². The van der Waals surface area contributed by atoms with Crippen LogP contribution in [0.2, 0.25) is 0 Å². The van der Waals surface area contributed by atoms with Gasteiger partial charge in [0.25, 0.3) is 0 Å². The number of thiol groups is 1. The van der Waals surface area contributed by atoms with Crippen LogP contribution in [-0.4, -0.2) is 18.0 Å². The number of hydrogen-bond acceptors (Lipinski definition) is 3. The van der Waals surface area contributed by atoms with Crippen LogP contribution < -0.4 is 5.14 Å². The zero-order valence-corrected chi connectivity index (χ0v) is 10.6. The highest BCUT2D eigenvalue weighted by Gasteiger charge is 2.01. The Hall–Kier alpha value is -1.66. The highest BCUT2D eigenvalue weighted by molar-refractivity contribution is 7.69. The van der Waals surface area contributed by atoms with Crippen LogP contribution in [0, 0.1) is 6.92 Å². The van der Waals surface area contributed by atoms with Gasteiger partial charge in [-0.3, -0.25) is 0 Å².